The molecule has 2 N–H and O–H groups in total. The molecule has 1 aliphatic rings. The van der Waals surface area contributed by atoms with Crippen molar-refractivity contribution in [2.45, 2.75) is 25.9 Å². The highest BCUT2D eigenvalue weighted by Crippen LogP contribution is 2.26. The molecular weight excluding hydrogens is 309 g/mol. The van der Waals surface area contributed by atoms with Crippen molar-refractivity contribution in [3.05, 3.63) is 33.8 Å². The van der Waals surface area contributed by atoms with Crippen molar-refractivity contribution in [2.75, 3.05) is 26.2 Å². The molecule has 116 valence electrons. The van der Waals surface area contributed by atoms with Crippen molar-refractivity contribution < 1.29 is 4.79 Å². The van der Waals surface area contributed by atoms with Gasteiger partial charge >= 0.3 is 0 Å². The highest BCUT2D eigenvalue weighted by Gasteiger charge is 2.21. The number of halogens is 2. The lowest BCUT2D eigenvalue weighted by atomic mass is 10.1. The molecule has 1 amide bonds. The number of benzene rings is 1. The van der Waals surface area contributed by atoms with Crippen molar-refractivity contribution in [2.24, 2.45) is 0 Å². The summed E-state index contributed by atoms with van der Waals surface area (Å²) in [6, 6.07) is 5.56. The molecule has 2 atom stereocenters. The molecule has 6 heteroatoms. The zero-order valence-electron chi connectivity index (χ0n) is 12.3. The Morgan fingerprint density at radius 2 is 2.29 bits per heavy atom. The van der Waals surface area contributed by atoms with Gasteiger partial charge in [-0.15, -0.1) is 0 Å². The van der Waals surface area contributed by atoms with E-state index in [4.69, 9.17) is 23.2 Å². The molecule has 0 bridgehead atoms. The van der Waals surface area contributed by atoms with E-state index in [1.54, 1.807) is 12.1 Å². The van der Waals surface area contributed by atoms with E-state index in [2.05, 4.69) is 22.5 Å². The maximum atomic E-state index is 12.2. The molecule has 1 fully saturated rings. The second kappa shape index (κ2) is 7.45. The first-order chi connectivity index (χ1) is 9.97. The number of hydrogen-bond donors (Lipinski definition) is 2. The van der Waals surface area contributed by atoms with Crippen LogP contribution in [0.3, 0.4) is 0 Å². The van der Waals surface area contributed by atoms with E-state index in [1.807, 2.05) is 13.0 Å². The quantitative estimate of drug-likeness (QED) is 0.891. The SMILES string of the molecule is CC(NC(=O)CN1CCNC[C@H]1C)c1ccc(Cl)cc1Cl. The molecule has 4 nitrogen and oxygen atoms in total. The number of nitrogens with zero attached hydrogens (tertiary/aromatic N) is 1. The third-order valence-electron chi connectivity index (χ3n) is 3.79. The van der Waals surface area contributed by atoms with E-state index in [1.165, 1.54) is 0 Å². The minimum Gasteiger partial charge on any atom is -0.348 e. The van der Waals surface area contributed by atoms with Crippen LogP contribution in [0.2, 0.25) is 10.0 Å². The van der Waals surface area contributed by atoms with Gasteiger partial charge in [0, 0.05) is 35.7 Å². The van der Waals surface area contributed by atoms with Gasteiger partial charge in [0.2, 0.25) is 5.91 Å². The average molecular weight is 330 g/mol. The van der Waals surface area contributed by atoms with Crippen LogP contribution in [0.4, 0.5) is 0 Å². The van der Waals surface area contributed by atoms with E-state index in [9.17, 15) is 4.79 Å². The van der Waals surface area contributed by atoms with Crippen LogP contribution in [0.1, 0.15) is 25.5 Å². The summed E-state index contributed by atoms with van der Waals surface area (Å²) in [5, 5.41) is 7.48. The van der Waals surface area contributed by atoms with Crippen LogP contribution in [-0.4, -0.2) is 43.0 Å². The number of carbonyl (C=O) groups is 1. The lowest BCUT2D eigenvalue weighted by Crippen LogP contribution is -2.52. The Morgan fingerprint density at radius 3 is 2.95 bits per heavy atom. The van der Waals surface area contributed by atoms with E-state index < -0.39 is 0 Å². The summed E-state index contributed by atoms with van der Waals surface area (Å²) in [6.45, 7) is 7.21. The van der Waals surface area contributed by atoms with E-state index in [0.717, 1.165) is 25.2 Å². The zero-order valence-corrected chi connectivity index (χ0v) is 13.8. The highest BCUT2D eigenvalue weighted by molar-refractivity contribution is 6.35. The van der Waals surface area contributed by atoms with Gasteiger partial charge in [-0.2, -0.15) is 0 Å². The smallest absolute Gasteiger partial charge is 0.234 e. The van der Waals surface area contributed by atoms with Gasteiger partial charge in [0.15, 0.2) is 0 Å². The van der Waals surface area contributed by atoms with Crippen molar-refractivity contribution in [3.8, 4) is 0 Å². The standard InChI is InChI=1S/C15H21Cl2N3O/c1-10-8-18-5-6-20(10)9-15(21)19-11(2)13-4-3-12(16)7-14(13)17/h3-4,7,10-11,18H,5-6,8-9H2,1-2H3,(H,19,21)/t10-,11?/m1/s1. The second-order valence-corrected chi connectivity index (χ2v) is 6.32. The lowest BCUT2D eigenvalue weighted by Gasteiger charge is -2.33. The maximum absolute atomic E-state index is 12.2. The minimum atomic E-state index is -0.138. The van der Waals surface area contributed by atoms with Gasteiger partial charge in [0.1, 0.15) is 0 Å². The molecule has 1 heterocycles. The van der Waals surface area contributed by atoms with Crippen molar-refractivity contribution in [3.63, 3.8) is 0 Å². The highest BCUT2D eigenvalue weighted by atomic mass is 35.5. The Labute approximate surface area is 135 Å². The summed E-state index contributed by atoms with van der Waals surface area (Å²) in [5.74, 6) is 0.0160. The van der Waals surface area contributed by atoms with Crippen LogP contribution in [-0.2, 0) is 4.79 Å². The van der Waals surface area contributed by atoms with E-state index in [0.29, 0.717) is 22.6 Å². The van der Waals surface area contributed by atoms with Gasteiger partial charge in [-0.25, -0.2) is 0 Å². The number of nitrogens with one attached hydrogen (secondary N) is 2. The fourth-order valence-corrected chi connectivity index (χ4v) is 3.09. The molecule has 2 rings (SSSR count). The number of carbonyl (C=O) groups excluding carboxylic acids is 1. The second-order valence-electron chi connectivity index (χ2n) is 5.48. The van der Waals surface area contributed by atoms with Gasteiger partial charge in [0.25, 0.3) is 0 Å². The first-order valence-electron chi connectivity index (χ1n) is 7.16. The van der Waals surface area contributed by atoms with Crippen LogP contribution in [0.25, 0.3) is 0 Å². The Hall–Kier alpha value is -0.810. The molecule has 1 aromatic rings. The normalized spacial score (nSPS) is 21.0. The number of rotatable bonds is 4. The molecule has 21 heavy (non-hydrogen) atoms. The molecule has 0 radical (unpaired) electrons. The number of hydrogen-bond acceptors (Lipinski definition) is 3. The van der Waals surface area contributed by atoms with Gasteiger partial charge in [-0.3, -0.25) is 9.69 Å². The van der Waals surface area contributed by atoms with Crippen molar-refractivity contribution in [1.82, 2.24) is 15.5 Å². The molecule has 1 aromatic carbocycles. The topological polar surface area (TPSA) is 44.4 Å². The fraction of sp³-hybridized carbons (Fsp3) is 0.533. The molecule has 1 aliphatic heterocycles. The van der Waals surface area contributed by atoms with Crippen LogP contribution in [0, 0.1) is 0 Å². The molecule has 0 aromatic heterocycles. The summed E-state index contributed by atoms with van der Waals surface area (Å²) in [7, 11) is 0. The van der Waals surface area contributed by atoms with E-state index in [-0.39, 0.29) is 11.9 Å². The van der Waals surface area contributed by atoms with Crippen LogP contribution in [0.5, 0.6) is 0 Å². The molecule has 1 unspecified atom stereocenters. The lowest BCUT2D eigenvalue weighted by molar-refractivity contribution is -0.123. The first-order valence-corrected chi connectivity index (χ1v) is 7.92. The maximum Gasteiger partial charge on any atom is 0.234 e. The predicted octanol–water partition coefficient (Wildman–Crippen LogP) is 2.46. The number of amides is 1. The zero-order chi connectivity index (χ0) is 15.4. The largest absolute Gasteiger partial charge is 0.348 e. The number of piperazine rings is 1. The third kappa shape index (κ3) is 4.58. The Kier molecular flexibility index (Phi) is 5.88. The molecule has 0 spiro atoms. The Morgan fingerprint density at radius 1 is 1.52 bits per heavy atom. The summed E-state index contributed by atoms with van der Waals surface area (Å²) < 4.78 is 0. The minimum absolute atomic E-state index is 0.0160. The van der Waals surface area contributed by atoms with Gasteiger partial charge in [-0.1, -0.05) is 29.3 Å². The predicted molar refractivity (Wildman–Crippen MR) is 86.9 cm³/mol. The van der Waals surface area contributed by atoms with Gasteiger partial charge < -0.3 is 10.6 Å². The average Bonchev–Trinajstić information content (AvgIpc) is 2.41. The van der Waals surface area contributed by atoms with Crippen molar-refractivity contribution in [1.29, 1.82) is 0 Å². The monoisotopic (exact) mass is 329 g/mol. The Balaban J connectivity index is 1.92. The summed E-state index contributed by atoms with van der Waals surface area (Å²) in [5.41, 5.74) is 0.878. The summed E-state index contributed by atoms with van der Waals surface area (Å²) >= 11 is 12.1. The molecule has 1 saturated heterocycles. The van der Waals surface area contributed by atoms with Crippen LogP contribution < -0.4 is 10.6 Å². The van der Waals surface area contributed by atoms with Crippen molar-refractivity contribution >= 4 is 29.1 Å². The first kappa shape index (κ1) is 16.6. The molecule has 0 aliphatic carbocycles. The third-order valence-corrected chi connectivity index (χ3v) is 4.35. The molecular formula is C15H21Cl2N3O. The van der Waals surface area contributed by atoms with Crippen LogP contribution in [0.15, 0.2) is 18.2 Å². The Bertz CT molecular complexity index is 510. The summed E-state index contributed by atoms with van der Waals surface area (Å²) in [6.07, 6.45) is 0. The van der Waals surface area contributed by atoms with Gasteiger partial charge in [0.05, 0.1) is 12.6 Å². The van der Waals surface area contributed by atoms with Gasteiger partial charge in [-0.05, 0) is 31.5 Å². The molecule has 0 saturated carbocycles. The fourth-order valence-electron chi connectivity index (χ4n) is 2.52. The summed E-state index contributed by atoms with van der Waals surface area (Å²) in [4.78, 5) is 14.4. The van der Waals surface area contributed by atoms with Crippen LogP contribution >= 0.6 is 23.2 Å². The van der Waals surface area contributed by atoms with E-state index >= 15 is 0 Å².